The molecule has 190 valence electrons. The van der Waals surface area contributed by atoms with Crippen LogP contribution in [-0.2, 0) is 19.2 Å². The lowest BCUT2D eigenvalue weighted by atomic mass is 9.90. The normalized spacial score (nSPS) is 20.7. The number of hydrogen-bond donors (Lipinski definition) is 0. The number of hydroxylamine groups is 1. The molecule has 9 heteroatoms. The largest absolute Gasteiger partial charge is 0.497 e. The van der Waals surface area contributed by atoms with Gasteiger partial charge in [0.2, 0.25) is 5.91 Å². The van der Waals surface area contributed by atoms with Crippen LogP contribution in [0.2, 0.25) is 0 Å². The minimum absolute atomic E-state index is 0.249. The Labute approximate surface area is 214 Å². The van der Waals surface area contributed by atoms with Gasteiger partial charge in [-0.25, -0.2) is 14.8 Å². The van der Waals surface area contributed by atoms with Crippen LogP contribution in [0.5, 0.6) is 11.5 Å². The van der Waals surface area contributed by atoms with Crippen LogP contribution in [0.4, 0.5) is 11.4 Å². The Morgan fingerprint density at radius 3 is 2.27 bits per heavy atom. The minimum Gasteiger partial charge on any atom is -0.497 e. The topological polar surface area (TPSA) is 94.6 Å². The average Bonchev–Trinajstić information content (AvgIpc) is 3.44. The van der Waals surface area contributed by atoms with Gasteiger partial charge in [-0.05, 0) is 55.5 Å². The van der Waals surface area contributed by atoms with Gasteiger partial charge in [-0.1, -0.05) is 18.2 Å². The Bertz CT molecular complexity index is 1330. The van der Waals surface area contributed by atoms with E-state index in [2.05, 4.69) is 0 Å². The number of para-hydroxylation sites is 1. The number of benzene rings is 3. The molecule has 0 N–H and O–H groups in total. The predicted molar refractivity (Wildman–Crippen MR) is 134 cm³/mol. The molecule has 3 aromatic rings. The maximum Gasteiger partial charge on any atom is 0.338 e. The van der Waals surface area contributed by atoms with E-state index in [-0.39, 0.29) is 6.61 Å². The molecule has 9 nitrogen and oxygen atoms in total. The van der Waals surface area contributed by atoms with E-state index < -0.39 is 35.8 Å². The van der Waals surface area contributed by atoms with E-state index in [9.17, 15) is 14.4 Å². The van der Waals surface area contributed by atoms with Crippen molar-refractivity contribution in [2.24, 2.45) is 5.92 Å². The highest BCUT2D eigenvalue weighted by Crippen LogP contribution is 2.49. The van der Waals surface area contributed by atoms with Crippen LogP contribution in [-0.4, -0.2) is 44.7 Å². The molecule has 2 aliphatic rings. The van der Waals surface area contributed by atoms with Gasteiger partial charge in [-0.2, -0.15) is 0 Å². The van der Waals surface area contributed by atoms with Gasteiger partial charge < -0.3 is 14.2 Å². The summed E-state index contributed by atoms with van der Waals surface area (Å²) in [4.78, 5) is 46.7. The van der Waals surface area contributed by atoms with E-state index in [0.29, 0.717) is 34.0 Å². The highest BCUT2D eigenvalue weighted by atomic mass is 16.7. The van der Waals surface area contributed by atoms with Crippen LogP contribution in [0.15, 0.2) is 72.8 Å². The number of nitrogens with zero attached hydrogens (tertiary/aromatic N) is 2. The standard InChI is InChI=1S/C28H26N2O7/c1-4-36-28(33)17-10-12-18(13-11-17)29-26(31)23-24(21-15-14-20(34-2)16-22(21)35-3)30(37-25(23)27(29)32)19-8-6-5-7-9-19/h5-16,23-25H,4H2,1-3H3/t23-,24+,25-/m0/s1. The van der Waals surface area contributed by atoms with E-state index >= 15 is 0 Å². The van der Waals surface area contributed by atoms with Crippen LogP contribution in [0, 0.1) is 5.92 Å². The summed E-state index contributed by atoms with van der Waals surface area (Å²) in [5.41, 5.74) is 2.07. The zero-order chi connectivity index (χ0) is 26.1. The van der Waals surface area contributed by atoms with Crippen molar-refractivity contribution in [3.63, 3.8) is 0 Å². The third kappa shape index (κ3) is 4.17. The zero-order valence-electron chi connectivity index (χ0n) is 20.6. The van der Waals surface area contributed by atoms with Gasteiger partial charge in [0.15, 0.2) is 6.10 Å². The van der Waals surface area contributed by atoms with Gasteiger partial charge in [-0.3, -0.25) is 14.4 Å². The third-order valence-electron chi connectivity index (χ3n) is 6.52. The molecule has 0 aliphatic carbocycles. The number of carbonyl (C=O) groups is 3. The SMILES string of the molecule is CCOC(=O)c1ccc(N2C(=O)[C@@H]3[C@H](ON(c4ccccc4)[C@@H]3c3ccc(OC)cc3OC)C2=O)cc1. The molecule has 2 heterocycles. The Kier molecular flexibility index (Phi) is 6.54. The van der Waals surface area contributed by atoms with E-state index in [1.165, 1.54) is 19.2 Å². The first-order valence-corrected chi connectivity index (χ1v) is 11.9. The van der Waals surface area contributed by atoms with E-state index in [1.807, 2.05) is 36.4 Å². The van der Waals surface area contributed by atoms with Crippen LogP contribution in [0.25, 0.3) is 0 Å². The summed E-state index contributed by atoms with van der Waals surface area (Å²) in [6, 6.07) is 20.2. The summed E-state index contributed by atoms with van der Waals surface area (Å²) in [6.45, 7) is 1.97. The lowest BCUT2D eigenvalue weighted by Crippen LogP contribution is -2.37. The number of rotatable bonds is 7. The Balaban J connectivity index is 1.54. The van der Waals surface area contributed by atoms with Crippen LogP contribution in [0.1, 0.15) is 28.9 Å². The quantitative estimate of drug-likeness (QED) is 0.354. The van der Waals surface area contributed by atoms with E-state index in [1.54, 1.807) is 43.4 Å². The molecule has 5 rings (SSSR count). The molecule has 2 amide bonds. The maximum absolute atomic E-state index is 13.8. The van der Waals surface area contributed by atoms with Crippen molar-refractivity contribution in [3.8, 4) is 11.5 Å². The summed E-state index contributed by atoms with van der Waals surface area (Å²) in [7, 11) is 3.10. The van der Waals surface area contributed by atoms with Crippen molar-refractivity contribution >= 4 is 29.2 Å². The number of imide groups is 1. The fourth-order valence-corrected chi connectivity index (χ4v) is 4.81. The molecule has 2 fully saturated rings. The molecular weight excluding hydrogens is 476 g/mol. The summed E-state index contributed by atoms with van der Waals surface area (Å²) in [6.07, 6.45) is -1.03. The van der Waals surface area contributed by atoms with Crippen LogP contribution in [0.3, 0.4) is 0 Å². The average molecular weight is 503 g/mol. The van der Waals surface area contributed by atoms with Gasteiger partial charge in [0, 0.05) is 11.6 Å². The number of anilines is 2. The van der Waals surface area contributed by atoms with Crippen LogP contribution >= 0.6 is 0 Å². The molecular formula is C28H26N2O7. The Morgan fingerprint density at radius 2 is 1.62 bits per heavy atom. The summed E-state index contributed by atoms with van der Waals surface area (Å²) < 4.78 is 16.0. The number of carbonyl (C=O) groups excluding carboxylic acids is 3. The van der Waals surface area contributed by atoms with Gasteiger partial charge in [-0.15, -0.1) is 0 Å². The lowest BCUT2D eigenvalue weighted by molar-refractivity contribution is -0.126. The summed E-state index contributed by atoms with van der Waals surface area (Å²) >= 11 is 0. The number of esters is 1. The molecule has 0 saturated carbocycles. The molecule has 3 aromatic carbocycles. The van der Waals surface area contributed by atoms with E-state index in [0.717, 1.165) is 4.90 Å². The fraction of sp³-hybridized carbons (Fsp3) is 0.250. The van der Waals surface area contributed by atoms with Crippen molar-refractivity contribution in [1.82, 2.24) is 0 Å². The number of methoxy groups -OCH3 is 2. The Morgan fingerprint density at radius 1 is 0.892 bits per heavy atom. The molecule has 2 aliphatic heterocycles. The fourth-order valence-electron chi connectivity index (χ4n) is 4.81. The second kappa shape index (κ2) is 9.94. The second-order valence-corrected chi connectivity index (χ2v) is 8.55. The first-order valence-electron chi connectivity index (χ1n) is 11.9. The number of ether oxygens (including phenoxy) is 3. The van der Waals surface area contributed by atoms with Gasteiger partial charge >= 0.3 is 5.97 Å². The van der Waals surface area contributed by atoms with Gasteiger partial charge in [0.05, 0.1) is 43.8 Å². The maximum atomic E-state index is 13.8. The minimum atomic E-state index is -1.03. The first kappa shape index (κ1) is 24.3. The highest BCUT2D eigenvalue weighted by Gasteiger charge is 2.60. The molecule has 0 spiro atoms. The molecule has 0 radical (unpaired) electrons. The number of amides is 2. The lowest BCUT2D eigenvalue weighted by Gasteiger charge is -2.29. The van der Waals surface area contributed by atoms with E-state index in [4.69, 9.17) is 19.0 Å². The molecule has 0 aromatic heterocycles. The predicted octanol–water partition coefficient (Wildman–Crippen LogP) is 3.93. The summed E-state index contributed by atoms with van der Waals surface area (Å²) in [5, 5.41) is 1.61. The van der Waals surface area contributed by atoms with Gasteiger partial charge in [0.1, 0.15) is 17.4 Å². The highest BCUT2D eigenvalue weighted by molar-refractivity contribution is 6.24. The summed E-state index contributed by atoms with van der Waals surface area (Å²) in [5.74, 6) is -1.08. The number of hydrogen-bond acceptors (Lipinski definition) is 8. The molecule has 37 heavy (non-hydrogen) atoms. The number of fused-ring (bicyclic) bond motifs is 1. The molecule has 0 bridgehead atoms. The molecule has 2 saturated heterocycles. The van der Waals surface area contributed by atoms with Crippen molar-refractivity contribution in [2.45, 2.75) is 19.1 Å². The second-order valence-electron chi connectivity index (χ2n) is 8.55. The van der Waals surface area contributed by atoms with Gasteiger partial charge in [0.25, 0.3) is 5.91 Å². The van der Waals surface area contributed by atoms with Crippen molar-refractivity contribution in [1.29, 1.82) is 0 Å². The van der Waals surface area contributed by atoms with Crippen molar-refractivity contribution < 1.29 is 33.4 Å². The Hall–Kier alpha value is -4.37. The van der Waals surface area contributed by atoms with Crippen molar-refractivity contribution in [2.75, 3.05) is 30.8 Å². The molecule has 3 atom stereocenters. The van der Waals surface area contributed by atoms with Crippen LogP contribution < -0.4 is 19.4 Å². The third-order valence-corrected chi connectivity index (χ3v) is 6.52. The van der Waals surface area contributed by atoms with Crippen molar-refractivity contribution in [3.05, 3.63) is 83.9 Å². The zero-order valence-corrected chi connectivity index (χ0v) is 20.6. The smallest absolute Gasteiger partial charge is 0.338 e. The monoisotopic (exact) mass is 502 g/mol. The molecule has 0 unspecified atom stereocenters. The first-order chi connectivity index (χ1) is 18.0.